The van der Waals surface area contributed by atoms with E-state index >= 15 is 0 Å². The number of likely N-dealkylation sites (N-methyl/N-ethyl adjacent to an activating group) is 1. The maximum atomic E-state index is 11.9. The number of aliphatic hydroxyl groups excluding tert-OH is 1. The van der Waals surface area contributed by atoms with Crippen LogP contribution in [0.1, 0.15) is 23.7 Å². The van der Waals surface area contributed by atoms with E-state index in [-0.39, 0.29) is 5.97 Å². The Bertz CT molecular complexity index is 598. The van der Waals surface area contributed by atoms with Crippen LogP contribution in [0.5, 0.6) is 5.75 Å². The van der Waals surface area contributed by atoms with Gasteiger partial charge in [0.05, 0.1) is 6.10 Å². The van der Waals surface area contributed by atoms with E-state index in [9.17, 15) is 9.90 Å². The minimum atomic E-state index is -0.618. The van der Waals surface area contributed by atoms with Crippen molar-refractivity contribution in [2.45, 2.75) is 18.9 Å². The lowest BCUT2D eigenvalue weighted by atomic mass is 10.1. The van der Waals surface area contributed by atoms with Gasteiger partial charge in [0.2, 0.25) is 0 Å². The molecule has 0 radical (unpaired) electrons. The van der Waals surface area contributed by atoms with Gasteiger partial charge in [-0.15, -0.1) is 0 Å². The molecule has 0 saturated carbocycles. The fourth-order valence-electron chi connectivity index (χ4n) is 2.17. The summed E-state index contributed by atoms with van der Waals surface area (Å²) >= 11 is 0. The van der Waals surface area contributed by atoms with Crippen molar-refractivity contribution in [1.82, 2.24) is 5.32 Å². The first-order valence-corrected chi connectivity index (χ1v) is 7.36. The van der Waals surface area contributed by atoms with Gasteiger partial charge in [0, 0.05) is 13.0 Å². The second-order valence-electron chi connectivity index (χ2n) is 5.11. The van der Waals surface area contributed by atoms with E-state index < -0.39 is 6.10 Å². The molecule has 4 nitrogen and oxygen atoms in total. The Hall–Kier alpha value is -2.17. The number of esters is 1. The molecule has 0 unspecified atom stereocenters. The summed E-state index contributed by atoms with van der Waals surface area (Å²) in [6, 6.07) is 16.8. The third kappa shape index (κ3) is 4.98. The molecule has 2 aromatic carbocycles. The van der Waals surface area contributed by atoms with Crippen LogP contribution in [0.3, 0.4) is 0 Å². The topological polar surface area (TPSA) is 58.6 Å². The summed E-state index contributed by atoms with van der Waals surface area (Å²) in [5.74, 6) is 0.190. The van der Waals surface area contributed by atoms with Crippen LogP contribution < -0.4 is 10.1 Å². The average molecular weight is 299 g/mol. The predicted molar refractivity (Wildman–Crippen MR) is 85.7 cm³/mol. The number of hydrogen-bond donors (Lipinski definition) is 2. The van der Waals surface area contributed by atoms with Crippen LogP contribution in [0.25, 0.3) is 0 Å². The molecule has 0 aliphatic heterocycles. The Morgan fingerprint density at radius 2 is 1.95 bits per heavy atom. The smallest absolute Gasteiger partial charge is 0.311 e. The Morgan fingerprint density at radius 3 is 2.68 bits per heavy atom. The van der Waals surface area contributed by atoms with E-state index in [4.69, 9.17) is 4.74 Å². The molecular weight excluding hydrogens is 278 g/mol. The van der Waals surface area contributed by atoms with Gasteiger partial charge in [0.15, 0.2) is 0 Å². The molecular formula is C18H21NO3. The van der Waals surface area contributed by atoms with Gasteiger partial charge in [-0.1, -0.05) is 42.5 Å². The standard InChI is InChI=1S/C18H21NO3/c1-19-13-17(20)15-8-5-9-16(12-15)22-18(21)11-10-14-6-3-2-4-7-14/h2-9,12,17,19-20H,10-11,13H2,1H3/t17-/m1/s1. The number of carbonyl (C=O) groups excluding carboxylic acids is 1. The van der Waals surface area contributed by atoms with E-state index in [0.717, 1.165) is 11.1 Å². The van der Waals surface area contributed by atoms with Crippen LogP contribution in [-0.4, -0.2) is 24.7 Å². The Kier molecular flexibility index (Phi) is 6.13. The zero-order valence-electron chi connectivity index (χ0n) is 12.7. The Morgan fingerprint density at radius 1 is 1.18 bits per heavy atom. The number of ether oxygens (including phenoxy) is 1. The average Bonchev–Trinajstić information content (AvgIpc) is 2.54. The van der Waals surface area contributed by atoms with Gasteiger partial charge in [0.1, 0.15) is 5.75 Å². The fourth-order valence-corrected chi connectivity index (χ4v) is 2.17. The van der Waals surface area contributed by atoms with Crippen molar-refractivity contribution < 1.29 is 14.6 Å². The summed E-state index contributed by atoms with van der Waals surface area (Å²) in [5.41, 5.74) is 1.83. The molecule has 0 saturated heterocycles. The molecule has 0 aliphatic rings. The third-order valence-corrected chi connectivity index (χ3v) is 3.33. The first-order valence-electron chi connectivity index (χ1n) is 7.36. The molecule has 1 atom stereocenters. The second-order valence-corrected chi connectivity index (χ2v) is 5.11. The van der Waals surface area contributed by atoms with Crippen LogP contribution in [-0.2, 0) is 11.2 Å². The van der Waals surface area contributed by atoms with E-state index in [1.165, 1.54) is 0 Å². The molecule has 0 amide bonds. The van der Waals surface area contributed by atoms with E-state index in [0.29, 0.717) is 25.1 Å². The van der Waals surface area contributed by atoms with Crippen LogP contribution in [0, 0.1) is 0 Å². The number of nitrogens with one attached hydrogen (secondary N) is 1. The minimum Gasteiger partial charge on any atom is -0.427 e. The highest BCUT2D eigenvalue weighted by molar-refractivity contribution is 5.72. The van der Waals surface area contributed by atoms with Crippen LogP contribution in [0.4, 0.5) is 0 Å². The van der Waals surface area contributed by atoms with Crippen molar-refractivity contribution in [3.63, 3.8) is 0 Å². The van der Waals surface area contributed by atoms with E-state index in [1.54, 1.807) is 25.2 Å². The number of hydrogen-bond acceptors (Lipinski definition) is 4. The van der Waals surface area contributed by atoms with Crippen LogP contribution in [0.2, 0.25) is 0 Å². The second kappa shape index (κ2) is 8.32. The van der Waals surface area contributed by atoms with Crippen LogP contribution in [0.15, 0.2) is 54.6 Å². The van der Waals surface area contributed by atoms with Gasteiger partial charge in [0.25, 0.3) is 0 Å². The molecule has 4 heteroatoms. The maximum absolute atomic E-state index is 11.9. The summed E-state index contributed by atoms with van der Waals surface area (Å²) < 4.78 is 5.33. The molecule has 2 rings (SSSR count). The SMILES string of the molecule is CNC[C@@H](O)c1cccc(OC(=O)CCc2ccccc2)c1. The summed E-state index contributed by atoms with van der Waals surface area (Å²) in [6.45, 7) is 0.450. The molecule has 2 N–H and O–H groups in total. The summed E-state index contributed by atoms with van der Waals surface area (Å²) in [7, 11) is 1.77. The fraction of sp³-hybridized carbons (Fsp3) is 0.278. The zero-order valence-corrected chi connectivity index (χ0v) is 12.7. The molecule has 0 aliphatic carbocycles. The van der Waals surface area contributed by atoms with Gasteiger partial charge in [-0.05, 0) is 36.7 Å². The quantitative estimate of drug-likeness (QED) is 0.609. The number of aryl methyl sites for hydroxylation is 1. The van der Waals surface area contributed by atoms with Crippen molar-refractivity contribution in [3.05, 3.63) is 65.7 Å². The molecule has 0 fully saturated rings. The predicted octanol–water partition coefficient (Wildman–Crippen LogP) is 2.48. The lowest BCUT2D eigenvalue weighted by Gasteiger charge is -2.11. The van der Waals surface area contributed by atoms with Gasteiger partial charge in [-0.2, -0.15) is 0 Å². The highest BCUT2D eigenvalue weighted by atomic mass is 16.5. The molecule has 22 heavy (non-hydrogen) atoms. The van der Waals surface area contributed by atoms with Gasteiger partial charge in [-0.25, -0.2) is 0 Å². The normalized spacial score (nSPS) is 11.9. The monoisotopic (exact) mass is 299 g/mol. The molecule has 0 spiro atoms. The summed E-state index contributed by atoms with van der Waals surface area (Å²) in [5, 5.41) is 12.8. The third-order valence-electron chi connectivity index (χ3n) is 3.33. The highest BCUT2D eigenvalue weighted by Crippen LogP contribution is 2.19. The molecule has 0 aromatic heterocycles. The number of aliphatic hydroxyl groups is 1. The Balaban J connectivity index is 1.90. The first-order chi connectivity index (χ1) is 10.7. The van der Waals surface area contributed by atoms with Crippen molar-refractivity contribution >= 4 is 5.97 Å². The summed E-state index contributed by atoms with van der Waals surface area (Å²) in [6.07, 6.45) is 0.364. The molecule has 0 bridgehead atoms. The van der Waals surface area contributed by atoms with Crippen molar-refractivity contribution in [1.29, 1.82) is 0 Å². The number of rotatable bonds is 7. The molecule has 0 heterocycles. The number of benzene rings is 2. The van der Waals surface area contributed by atoms with Crippen molar-refractivity contribution in [3.8, 4) is 5.75 Å². The molecule has 2 aromatic rings. The van der Waals surface area contributed by atoms with E-state index in [2.05, 4.69) is 5.32 Å². The maximum Gasteiger partial charge on any atom is 0.311 e. The Labute approximate surface area is 130 Å². The first kappa shape index (κ1) is 16.2. The lowest BCUT2D eigenvalue weighted by Crippen LogP contribution is -2.16. The van der Waals surface area contributed by atoms with Crippen molar-refractivity contribution in [2.75, 3.05) is 13.6 Å². The lowest BCUT2D eigenvalue weighted by molar-refractivity contribution is -0.134. The summed E-state index contributed by atoms with van der Waals surface area (Å²) in [4.78, 5) is 11.9. The number of carbonyl (C=O) groups is 1. The van der Waals surface area contributed by atoms with E-state index in [1.807, 2.05) is 36.4 Å². The largest absolute Gasteiger partial charge is 0.427 e. The van der Waals surface area contributed by atoms with Crippen LogP contribution >= 0.6 is 0 Å². The zero-order chi connectivity index (χ0) is 15.8. The highest BCUT2D eigenvalue weighted by Gasteiger charge is 2.10. The van der Waals surface area contributed by atoms with Gasteiger partial charge >= 0.3 is 5.97 Å². The molecule has 116 valence electrons. The van der Waals surface area contributed by atoms with Crippen molar-refractivity contribution in [2.24, 2.45) is 0 Å². The van der Waals surface area contributed by atoms with Gasteiger partial charge in [-0.3, -0.25) is 4.79 Å². The van der Waals surface area contributed by atoms with Gasteiger partial charge < -0.3 is 15.2 Å². The minimum absolute atomic E-state index is 0.274.